The Balaban J connectivity index is 0.961. The molecule has 0 spiro atoms. The van der Waals surface area contributed by atoms with Gasteiger partial charge in [-0.25, -0.2) is 0 Å². The molecular weight excluding hydrogens is 808 g/mol. The molecule has 62 heavy (non-hydrogen) atoms. The highest BCUT2D eigenvalue weighted by Crippen LogP contribution is 2.76. The molecule has 0 aromatic heterocycles. The van der Waals surface area contributed by atoms with Crippen LogP contribution in [0.1, 0.15) is 113 Å². The molecule has 3 aliphatic heterocycles. The third-order valence-electron chi connectivity index (χ3n) is 18.6. The molecule has 9 N–H and O–H groups in total. The normalized spacial score (nSPS) is 53.6. The molecule has 3 saturated heterocycles. The zero-order chi connectivity index (χ0) is 45.1. The van der Waals surface area contributed by atoms with Gasteiger partial charge in [0, 0.05) is 0 Å². The summed E-state index contributed by atoms with van der Waals surface area (Å²) >= 11 is 0. The minimum absolute atomic E-state index is 0.0261. The number of carboxylic acids is 1. The SMILES string of the molecule is CC1(C)CC[C@]2(C(=O)O)CC[C@]3(C)C(=CC[C@@H]4[C@@]5(C)CC[C@H](O[C@@H]6O[C@H](CO[C@@H]7OC[C@H](O)[C@H](O)[C@H]7O[C@@H]7OC[C@H](O)[C@H](O)[C@H]7O)C(O)C(O)C6O)C(C)(C)[C@@H]5CC[C@]43C)[C@@H]2C1. The molecule has 16 nitrogen and oxygen atoms in total. The molecule has 0 aromatic rings. The summed E-state index contributed by atoms with van der Waals surface area (Å²) in [5.74, 6) is 0.0164. The molecule has 8 rings (SSSR count). The van der Waals surface area contributed by atoms with Crippen LogP contribution >= 0.6 is 0 Å². The zero-order valence-electron chi connectivity index (χ0n) is 37.5. The Bertz CT molecular complexity index is 1690. The van der Waals surface area contributed by atoms with Crippen LogP contribution in [0.5, 0.6) is 0 Å². The Kier molecular flexibility index (Phi) is 12.5. The highest BCUT2D eigenvalue weighted by atomic mass is 16.8. The molecule has 21 atom stereocenters. The van der Waals surface area contributed by atoms with Crippen LogP contribution in [-0.4, -0.2) is 158 Å². The van der Waals surface area contributed by atoms with Gasteiger partial charge in [0.05, 0.1) is 31.3 Å². The molecule has 354 valence electrons. The quantitative estimate of drug-likeness (QED) is 0.125. The number of fused-ring (bicyclic) bond motifs is 7. The Morgan fingerprint density at radius 3 is 2.03 bits per heavy atom. The van der Waals surface area contributed by atoms with E-state index in [1.165, 1.54) is 5.57 Å². The van der Waals surface area contributed by atoms with Crippen LogP contribution in [0, 0.1) is 50.2 Å². The van der Waals surface area contributed by atoms with Crippen molar-refractivity contribution in [1.82, 2.24) is 0 Å². The van der Waals surface area contributed by atoms with E-state index in [2.05, 4.69) is 54.5 Å². The van der Waals surface area contributed by atoms with Gasteiger partial charge < -0.3 is 74.4 Å². The van der Waals surface area contributed by atoms with E-state index >= 15 is 0 Å². The fourth-order valence-corrected chi connectivity index (χ4v) is 14.5. The fraction of sp³-hybridized carbons (Fsp3) is 0.935. The molecule has 7 fully saturated rings. The third-order valence-corrected chi connectivity index (χ3v) is 18.6. The van der Waals surface area contributed by atoms with Crippen LogP contribution < -0.4 is 0 Å². The maximum absolute atomic E-state index is 13.1. The van der Waals surface area contributed by atoms with Gasteiger partial charge >= 0.3 is 5.97 Å². The van der Waals surface area contributed by atoms with Gasteiger partial charge in [0.15, 0.2) is 18.9 Å². The van der Waals surface area contributed by atoms with Gasteiger partial charge in [-0.05, 0) is 109 Å². The number of aliphatic carboxylic acids is 1. The lowest BCUT2D eigenvalue weighted by molar-refractivity contribution is -0.357. The Morgan fingerprint density at radius 1 is 0.694 bits per heavy atom. The van der Waals surface area contributed by atoms with Crippen molar-refractivity contribution in [3.63, 3.8) is 0 Å². The van der Waals surface area contributed by atoms with Crippen molar-refractivity contribution in [3.05, 3.63) is 11.6 Å². The van der Waals surface area contributed by atoms with Crippen LogP contribution in [0.2, 0.25) is 0 Å². The van der Waals surface area contributed by atoms with Gasteiger partial charge in [0.2, 0.25) is 0 Å². The average molecular weight is 883 g/mol. The Morgan fingerprint density at radius 2 is 1.34 bits per heavy atom. The number of aliphatic hydroxyl groups is 8. The summed E-state index contributed by atoms with van der Waals surface area (Å²) in [6.07, 6.45) is -8.76. The van der Waals surface area contributed by atoms with E-state index in [1.54, 1.807) is 0 Å². The molecule has 4 saturated carbocycles. The predicted molar refractivity (Wildman–Crippen MR) is 219 cm³/mol. The molecule has 5 aliphatic carbocycles. The molecule has 8 aliphatic rings. The number of carboxylic acid groups (broad SMARTS) is 1. The lowest BCUT2D eigenvalue weighted by Gasteiger charge is -2.71. The van der Waals surface area contributed by atoms with Gasteiger partial charge in [-0.1, -0.05) is 60.1 Å². The molecule has 16 heteroatoms. The van der Waals surface area contributed by atoms with Gasteiger partial charge in [-0.3, -0.25) is 4.79 Å². The molecule has 0 bridgehead atoms. The maximum atomic E-state index is 13.1. The minimum Gasteiger partial charge on any atom is -0.481 e. The maximum Gasteiger partial charge on any atom is 0.310 e. The van der Waals surface area contributed by atoms with E-state index in [0.29, 0.717) is 18.8 Å². The first kappa shape index (κ1) is 47.2. The topological polar surface area (TPSA) is 255 Å². The second-order valence-electron chi connectivity index (χ2n) is 22.6. The molecule has 0 aromatic carbocycles. The van der Waals surface area contributed by atoms with E-state index in [-0.39, 0.29) is 58.2 Å². The first-order valence-electron chi connectivity index (χ1n) is 23.1. The lowest BCUT2D eigenvalue weighted by Crippen LogP contribution is -2.66. The molecular formula is C46H74O16. The van der Waals surface area contributed by atoms with Gasteiger partial charge in [-0.2, -0.15) is 0 Å². The third kappa shape index (κ3) is 7.37. The summed E-state index contributed by atoms with van der Waals surface area (Å²) in [5, 5.41) is 95.8. The summed E-state index contributed by atoms with van der Waals surface area (Å²) in [4.78, 5) is 13.1. The van der Waals surface area contributed by atoms with Crippen molar-refractivity contribution in [2.24, 2.45) is 50.2 Å². The van der Waals surface area contributed by atoms with Crippen molar-refractivity contribution >= 4 is 5.97 Å². The minimum atomic E-state index is -1.69. The zero-order valence-corrected chi connectivity index (χ0v) is 37.5. The van der Waals surface area contributed by atoms with Gasteiger partial charge in [0.25, 0.3) is 0 Å². The Labute approximate surface area is 364 Å². The highest BCUT2D eigenvalue weighted by molar-refractivity contribution is 5.76. The van der Waals surface area contributed by atoms with Crippen molar-refractivity contribution in [3.8, 4) is 0 Å². The number of rotatable bonds is 8. The second-order valence-corrected chi connectivity index (χ2v) is 22.6. The summed E-state index contributed by atoms with van der Waals surface area (Å²) in [5.41, 5.74) is 0.204. The Hall–Kier alpha value is -1.35. The summed E-state index contributed by atoms with van der Waals surface area (Å²) in [6.45, 7) is 15.3. The number of hydrogen-bond donors (Lipinski definition) is 9. The van der Waals surface area contributed by atoms with Crippen LogP contribution in [0.15, 0.2) is 11.6 Å². The number of allylic oxidation sites excluding steroid dienone is 2. The molecule has 3 heterocycles. The van der Waals surface area contributed by atoms with Crippen molar-refractivity contribution < 1.29 is 79.2 Å². The summed E-state index contributed by atoms with van der Waals surface area (Å²) < 4.78 is 35.4. The average Bonchev–Trinajstić information content (AvgIpc) is 3.20. The van der Waals surface area contributed by atoms with Crippen LogP contribution in [0.3, 0.4) is 0 Å². The van der Waals surface area contributed by atoms with E-state index in [4.69, 9.17) is 28.4 Å². The number of hydrogen-bond acceptors (Lipinski definition) is 15. The van der Waals surface area contributed by atoms with E-state index < -0.39 is 97.9 Å². The van der Waals surface area contributed by atoms with Crippen molar-refractivity contribution in [2.75, 3.05) is 19.8 Å². The predicted octanol–water partition coefficient (Wildman–Crippen LogP) is 1.98. The standard InChI is InChI=1S/C46H74O16/c1-41(2)14-16-46(40(55)56)17-15-44(6)22(23(46)18-41)8-9-28-43(5)12-11-29(42(3,4)27(43)10-13-45(28,44)7)61-38-35(54)33(52)32(51)26(60-38)21-59-39-36(31(50)25(48)20-58-39)62-37-34(53)30(49)24(47)19-57-37/h8,23-39,47-54H,9-21H2,1-7H3,(H,55,56)/t23-,24-,25-,26+,27-,28+,29-,30-,31-,32?,33?,34+,35?,36+,37-,38-,39-,43-,44+,45+,46-/m0/s1. The largest absolute Gasteiger partial charge is 0.481 e. The lowest BCUT2D eigenvalue weighted by atomic mass is 9.33. The first-order valence-corrected chi connectivity index (χ1v) is 23.1. The summed E-state index contributed by atoms with van der Waals surface area (Å²) in [6, 6.07) is 0. The second kappa shape index (κ2) is 16.5. The van der Waals surface area contributed by atoms with Crippen LogP contribution in [0.4, 0.5) is 0 Å². The highest BCUT2D eigenvalue weighted by Gasteiger charge is 2.69. The van der Waals surface area contributed by atoms with Gasteiger partial charge in [0.1, 0.15) is 61.0 Å². The molecule has 0 amide bonds. The molecule has 0 radical (unpaired) electrons. The number of carbonyl (C=O) groups is 1. The smallest absolute Gasteiger partial charge is 0.310 e. The summed E-state index contributed by atoms with van der Waals surface area (Å²) in [7, 11) is 0. The van der Waals surface area contributed by atoms with Crippen LogP contribution in [-0.2, 0) is 33.2 Å². The van der Waals surface area contributed by atoms with E-state index in [9.17, 15) is 50.8 Å². The van der Waals surface area contributed by atoms with E-state index in [1.807, 2.05) is 0 Å². The number of ether oxygens (including phenoxy) is 6. The van der Waals surface area contributed by atoms with Crippen molar-refractivity contribution in [2.45, 2.75) is 199 Å². The monoisotopic (exact) mass is 882 g/mol. The fourth-order valence-electron chi connectivity index (χ4n) is 14.5. The molecule has 3 unspecified atom stereocenters. The van der Waals surface area contributed by atoms with E-state index in [0.717, 1.165) is 51.4 Å². The first-order chi connectivity index (χ1) is 28.9. The van der Waals surface area contributed by atoms with Crippen molar-refractivity contribution in [1.29, 1.82) is 0 Å². The van der Waals surface area contributed by atoms with Gasteiger partial charge in [-0.15, -0.1) is 0 Å². The number of aliphatic hydroxyl groups excluding tert-OH is 8. The van der Waals surface area contributed by atoms with Crippen LogP contribution in [0.25, 0.3) is 0 Å².